The lowest BCUT2D eigenvalue weighted by molar-refractivity contribution is -0.137. The molecule has 2 heterocycles. The van der Waals surface area contributed by atoms with Crippen LogP contribution in [0.1, 0.15) is 36.2 Å². The minimum atomic E-state index is -4.37. The normalized spacial score (nSPS) is 17.3. The molecule has 0 radical (unpaired) electrons. The molecule has 0 bridgehead atoms. The number of aryl methyl sites for hydroxylation is 2. The van der Waals surface area contributed by atoms with E-state index >= 15 is 0 Å². The van der Waals surface area contributed by atoms with Gasteiger partial charge in [-0.2, -0.15) is 18.3 Å². The lowest BCUT2D eigenvalue weighted by Crippen LogP contribution is -2.26. The quantitative estimate of drug-likeness (QED) is 0.882. The van der Waals surface area contributed by atoms with Crippen LogP contribution >= 0.6 is 0 Å². The summed E-state index contributed by atoms with van der Waals surface area (Å²) in [4.78, 5) is 24.1. The van der Waals surface area contributed by atoms with Crippen molar-refractivity contribution in [1.29, 1.82) is 0 Å². The highest BCUT2D eigenvalue weighted by Crippen LogP contribution is 2.29. The summed E-state index contributed by atoms with van der Waals surface area (Å²) >= 11 is 0. The molecule has 1 atom stereocenters. The van der Waals surface area contributed by atoms with Gasteiger partial charge in [-0.15, -0.1) is 0 Å². The van der Waals surface area contributed by atoms with E-state index in [1.165, 1.54) is 16.8 Å². The Kier molecular flexibility index (Phi) is 5.38. The number of carbonyl (C=O) groups is 1. The summed E-state index contributed by atoms with van der Waals surface area (Å²) in [5.74, 6) is 0.742. The topological polar surface area (TPSA) is 68.9 Å². The first kappa shape index (κ1) is 19.2. The van der Waals surface area contributed by atoms with Gasteiger partial charge in [-0.3, -0.25) is 9.36 Å². The van der Waals surface area contributed by atoms with Crippen LogP contribution in [0.4, 0.5) is 13.2 Å². The number of benzene rings is 1. The molecule has 1 amide bonds. The van der Waals surface area contributed by atoms with Gasteiger partial charge >= 0.3 is 11.9 Å². The van der Waals surface area contributed by atoms with Crippen molar-refractivity contribution >= 4 is 5.91 Å². The van der Waals surface area contributed by atoms with Gasteiger partial charge in [-0.25, -0.2) is 9.48 Å². The molecule has 1 aliphatic heterocycles. The number of alkyl halides is 3. The zero-order valence-electron chi connectivity index (χ0n) is 14.9. The van der Waals surface area contributed by atoms with Gasteiger partial charge in [0.2, 0.25) is 5.91 Å². The second kappa shape index (κ2) is 7.58. The molecule has 0 saturated carbocycles. The fourth-order valence-corrected chi connectivity index (χ4v) is 3.30. The number of nitrogens with zero attached hydrogens (tertiary/aromatic N) is 3. The van der Waals surface area contributed by atoms with Crippen molar-refractivity contribution in [2.75, 3.05) is 0 Å². The number of halogens is 3. The van der Waals surface area contributed by atoms with Crippen molar-refractivity contribution in [3.05, 3.63) is 51.7 Å². The molecule has 2 aromatic rings. The molecule has 1 unspecified atom stereocenters. The third-order valence-electron chi connectivity index (χ3n) is 4.87. The average molecular weight is 382 g/mol. The van der Waals surface area contributed by atoms with E-state index in [-0.39, 0.29) is 24.1 Å². The molecule has 0 fully saturated rings. The number of hydrogen-bond acceptors (Lipinski definition) is 3. The van der Waals surface area contributed by atoms with E-state index in [0.29, 0.717) is 31.4 Å². The molecular weight excluding hydrogens is 361 g/mol. The van der Waals surface area contributed by atoms with Crippen molar-refractivity contribution < 1.29 is 18.0 Å². The fraction of sp³-hybridized carbons (Fsp3) is 0.500. The summed E-state index contributed by atoms with van der Waals surface area (Å²) in [6.07, 6.45) is -1.91. The molecule has 6 nitrogen and oxygen atoms in total. The maximum atomic E-state index is 12.6. The van der Waals surface area contributed by atoms with E-state index in [4.69, 9.17) is 0 Å². The molecule has 1 aromatic heterocycles. The molecule has 9 heteroatoms. The van der Waals surface area contributed by atoms with Crippen LogP contribution in [0.2, 0.25) is 0 Å². The highest BCUT2D eigenvalue weighted by atomic mass is 19.4. The van der Waals surface area contributed by atoms with E-state index in [1.54, 1.807) is 11.6 Å². The first-order valence-electron chi connectivity index (χ1n) is 8.79. The first-order chi connectivity index (χ1) is 12.7. The summed E-state index contributed by atoms with van der Waals surface area (Å²) < 4.78 is 40.6. The Balaban J connectivity index is 1.49. The van der Waals surface area contributed by atoms with Crippen LogP contribution in [0.25, 0.3) is 0 Å². The monoisotopic (exact) mass is 382 g/mol. The van der Waals surface area contributed by atoms with Crippen LogP contribution in [0.5, 0.6) is 0 Å². The second-order valence-electron chi connectivity index (χ2n) is 6.84. The Morgan fingerprint density at radius 1 is 1.26 bits per heavy atom. The SMILES string of the molecule is Cn1nc2n(c1=O)CCC(CC(=O)NCc1ccc(C(F)(F)F)cc1)CC2. The van der Waals surface area contributed by atoms with Crippen LogP contribution in [0, 0.1) is 5.92 Å². The predicted octanol–water partition coefficient (Wildman–Crippen LogP) is 2.26. The third kappa shape index (κ3) is 4.58. The van der Waals surface area contributed by atoms with Gasteiger partial charge < -0.3 is 5.32 Å². The highest BCUT2D eigenvalue weighted by molar-refractivity contribution is 5.76. The van der Waals surface area contributed by atoms with Crippen molar-refractivity contribution in [3.63, 3.8) is 0 Å². The minimum Gasteiger partial charge on any atom is -0.352 e. The van der Waals surface area contributed by atoms with Crippen molar-refractivity contribution in [2.45, 2.75) is 44.9 Å². The Hall–Kier alpha value is -2.58. The Bertz CT molecular complexity index is 868. The van der Waals surface area contributed by atoms with Gasteiger partial charge in [0.1, 0.15) is 5.82 Å². The van der Waals surface area contributed by atoms with E-state index in [1.807, 2.05) is 0 Å². The minimum absolute atomic E-state index is 0.141. The molecule has 1 N–H and O–H groups in total. The van der Waals surface area contributed by atoms with Gasteiger partial charge in [0, 0.05) is 33.0 Å². The van der Waals surface area contributed by atoms with E-state index < -0.39 is 11.7 Å². The van der Waals surface area contributed by atoms with E-state index in [0.717, 1.165) is 24.4 Å². The summed E-state index contributed by atoms with van der Waals surface area (Å²) in [7, 11) is 1.62. The lowest BCUT2D eigenvalue weighted by Gasteiger charge is -2.14. The lowest BCUT2D eigenvalue weighted by atomic mass is 9.96. The molecule has 1 aliphatic rings. The largest absolute Gasteiger partial charge is 0.416 e. The number of aromatic nitrogens is 3. The number of hydrogen-bond donors (Lipinski definition) is 1. The Labute approximate surface area is 154 Å². The summed E-state index contributed by atoms with van der Waals surface area (Å²) in [6.45, 7) is 0.727. The van der Waals surface area contributed by atoms with Crippen LogP contribution in [0.3, 0.4) is 0 Å². The number of fused-ring (bicyclic) bond motifs is 1. The Morgan fingerprint density at radius 2 is 1.96 bits per heavy atom. The van der Waals surface area contributed by atoms with E-state index in [9.17, 15) is 22.8 Å². The van der Waals surface area contributed by atoms with Crippen molar-refractivity contribution in [3.8, 4) is 0 Å². The standard InChI is InChI=1S/C18H21F3N4O2/c1-24-17(27)25-9-8-12(4-7-15(25)23-24)10-16(26)22-11-13-2-5-14(6-3-13)18(19,20)21/h2-3,5-6,12H,4,7-11H2,1H3,(H,22,26). The van der Waals surface area contributed by atoms with Gasteiger partial charge in [0.25, 0.3) is 0 Å². The molecule has 0 aliphatic carbocycles. The second-order valence-corrected chi connectivity index (χ2v) is 6.84. The smallest absolute Gasteiger partial charge is 0.352 e. The number of amides is 1. The van der Waals surface area contributed by atoms with Crippen LogP contribution in [-0.2, 0) is 37.5 Å². The van der Waals surface area contributed by atoms with E-state index in [2.05, 4.69) is 10.4 Å². The van der Waals surface area contributed by atoms with Gasteiger partial charge in [0.05, 0.1) is 5.56 Å². The zero-order valence-corrected chi connectivity index (χ0v) is 14.9. The fourth-order valence-electron chi connectivity index (χ4n) is 3.30. The van der Waals surface area contributed by atoms with Crippen LogP contribution in [-0.4, -0.2) is 20.3 Å². The molecule has 0 spiro atoms. The number of carbonyl (C=O) groups excluding carboxylic acids is 1. The summed E-state index contributed by atoms with van der Waals surface area (Å²) in [6, 6.07) is 4.75. The van der Waals surface area contributed by atoms with Gasteiger partial charge in [0.15, 0.2) is 0 Å². The van der Waals surface area contributed by atoms with Crippen LogP contribution < -0.4 is 11.0 Å². The number of nitrogens with one attached hydrogen (secondary N) is 1. The van der Waals surface area contributed by atoms with Gasteiger partial charge in [-0.05, 0) is 36.5 Å². The highest BCUT2D eigenvalue weighted by Gasteiger charge is 2.30. The summed E-state index contributed by atoms with van der Waals surface area (Å²) in [5.41, 5.74) is -0.238. The molecule has 27 heavy (non-hydrogen) atoms. The molecular formula is C18H21F3N4O2. The zero-order chi connectivity index (χ0) is 19.6. The maximum Gasteiger partial charge on any atom is 0.416 e. The van der Waals surface area contributed by atoms with Crippen molar-refractivity contribution in [1.82, 2.24) is 19.7 Å². The third-order valence-corrected chi connectivity index (χ3v) is 4.87. The maximum absolute atomic E-state index is 12.6. The van der Waals surface area contributed by atoms with Crippen LogP contribution in [0.15, 0.2) is 29.1 Å². The molecule has 0 saturated heterocycles. The van der Waals surface area contributed by atoms with Crippen molar-refractivity contribution in [2.24, 2.45) is 13.0 Å². The van der Waals surface area contributed by atoms with Gasteiger partial charge in [-0.1, -0.05) is 12.1 Å². The number of rotatable bonds is 4. The average Bonchev–Trinajstić information content (AvgIpc) is 2.77. The molecule has 146 valence electrons. The first-order valence-corrected chi connectivity index (χ1v) is 8.79. The summed E-state index contributed by atoms with van der Waals surface area (Å²) in [5, 5.41) is 6.96. The molecule has 1 aromatic carbocycles. The Morgan fingerprint density at radius 3 is 2.63 bits per heavy atom. The molecule has 3 rings (SSSR count). The predicted molar refractivity (Wildman–Crippen MR) is 91.8 cm³/mol.